The van der Waals surface area contributed by atoms with Gasteiger partial charge in [0.2, 0.25) is 11.5 Å². The van der Waals surface area contributed by atoms with Gasteiger partial charge in [-0.2, -0.15) is 18.3 Å². The molecule has 2 amide bonds. The zero-order valence-electron chi connectivity index (χ0n) is 22.1. The Hall–Kier alpha value is -3.15. The number of fused-ring (bicyclic) bond motifs is 3. The predicted octanol–water partition coefficient (Wildman–Crippen LogP) is 3.95. The van der Waals surface area contributed by atoms with E-state index in [1.54, 1.807) is 22.7 Å². The second-order valence-corrected chi connectivity index (χ2v) is 10.7. The highest BCUT2D eigenvalue weighted by atomic mass is 19.4. The smallest absolute Gasteiger partial charge is 0.420 e. The Labute approximate surface area is 224 Å². The van der Waals surface area contributed by atoms with Crippen molar-refractivity contribution in [3.05, 3.63) is 28.8 Å². The Kier molecular flexibility index (Phi) is 7.58. The molecule has 5 rings (SSSR count). The monoisotopic (exact) mass is 550 g/mol. The molecule has 3 aliphatic rings. The Morgan fingerprint density at radius 3 is 2.56 bits per heavy atom. The number of furan rings is 1. The van der Waals surface area contributed by atoms with Crippen LogP contribution in [0.25, 0.3) is 11.3 Å². The van der Waals surface area contributed by atoms with Gasteiger partial charge in [0.25, 0.3) is 11.8 Å². The molecule has 1 N–H and O–H groups in total. The van der Waals surface area contributed by atoms with Crippen LogP contribution in [-0.4, -0.2) is 64.6 Å². The normalized spacial score (nSPS) is 21.5. The molecule has 39 heavy (non-hydrogen) atoms. The van der Waals surface area contributed by atoms with E-state index in [4.69, 9.17) is 9.15 Å². The van der Waals surface area contributed by atoms with Crippen molar-refractivity contribution in [2.45, 2.75) is 77.1 Å². The number of carbonyl (C=O) groups is 3. The van der Waals surface area contributed by atoms with Crippen molar-refractivity contribution in [1.29, 1.82) is 0 Å². The van der Waals surface area contributed by atoms with Crippen LogP contribution < -0.4 is 5.32 Å². The minimum atomic E-state index is -4.81. The fourth-order valence-corrected chi connectivity index (χ4v) is 5.78. The molecule has 1 aliphatic carbocycles. The average Bonchev–Trinajstić information content (AvgIpc) is 3.65. The molecule has 0 radical (unpaired) electrons. The summed E-state index contributed by atoms with van der Waals surface area (Å²) in [7, 11) is 0. The van der Waals surface area contributed by atoms with Gasteiger partial charge in [-0.15, -0.1) is 0 Å². The molecule has 212 valence electrons. The van der Waals surface area contributed by atoms with Crippen LogP contribution in [0.15, 0.2) is 10.6 Å². The molecule has 0 bridgehead atoms. The van der Waals surface area contributed by atoms with E-state index in [1.807, 2.05) is 6.92 Å². The van der Waals surface area contributed by atoms with Gasteiger partial charge in [-0.3, -0.25) is 19.1 Å². The second-order valence-electron chi connectivity index (χ2n) is 10.7. The number of carbonyl (C=O) groups excluding carboxylic acids is 3. The Bertz CT molecular complexity index is 1250. The summed E-state index contributed by atoms with van der Waals surface area (Å²) >= 11 is 0. The minimum absolute atomic E-state index is 0.113. The van der Waals surface area contributed by atoms with Crippen LogP contribution >= 0.6 is 0 Å². The number of ketones is 1. The number of rotatable bonds is 7. The molecule has 12 heteroatoms. The number of amides is 2. The number of piperidine rings is 1. The van der Waals surface area contributed by atoms with Crippen LogP contribution in [0.1, 0.15) is 79.3 Å². The number of ether oxygens (including phenoxy) is 1. The van der Waals surface area contributed by atoms with Crippen LogP contribution in [0.4, 0.5) is 13.2 Å². The molecule has 9 nitrogen and oxygen atoms in total. The van der Waals surface area contributed by atoms with Crippen molar-refractivity contribution in [3.8, 4) is 11.3 Å². The molecular formula is C27H33F3N4O5. The predicted molar refractivity (Wildman–Crippen MR) is 133 cm³/mol. The first-order valence-corrected chi connectivity index (χ1v) is 13.6. The maximum atomic E-state index is 14.4. The summed E-state index contributed by atoms with van der Waals surface area (Å²) in [6.45, 7) is 5.64. The van der Waals surface area contributed by atoms with E-state index in [-0.39, 0.29) is 54.3 Å². The van der Waals surface area contributed by atoms with E-state index in [2.05, 4.69) is 10.4 Å². The Balaban J connectivity index is 1.36. The molecule has 1 unspecified atom stereocenters. The van der Waals surface area contributed by atoms with Crippen molar-refractivity contribution >= 4 is 17.6 Å². The summed E-state index contributed by atoms with van der Waals surface area (Å²) in [5.74, 6) is -2.38. The largest absolute Gasteiger partial charge is 0.455 e. The van der Waals surface area contributed by atoms with Gasteiger partial charge in [-0.25, -0.2) is 0 Å². The number of Topliss-reactive ketones (excluding diaryl/α,β-unsaturated/α-hetero) is 1. The van der Waals surface area contributed by atoms with Crippen molar-refractivity contribution < 1.29 is 36.7 Å². The maximum Gasteiger partial charge on any atom is 0.420 e. The molecule has 2 aromatic heterocycles. The SMILES string of the molecule is CCC(=O)C(=O)N1CCC(Cn2cc3c(n2)-c2c(oc(C(=O)NC[C@@H]4CCCO4)c2C(F)(F)F)CC3C)CC1. The zero-order chi connectivity index (χ0) is 27.9. The zero-order valence-corrected chi connectivity index (χ0v) is 22.1. The number of alkyl halides is 3. The average molecular weight is 551 g/mol. The highest BCUT2D eigenvalue weighted by Gasteiger charge is 2.46. The fourth-order valence-electron chi connectivity index (χ4n) is 5.78. The lowest BCUT2D eigenvalue weighted by molar-refractivity contribution is -0.145. The molecule has 2 saturated heterocycles. The minimum Gasteiger partial charge on any atom is -0.455 e. The third kappa shape index (κ3) is 5.48. The van der Waals surface area contributed by atoms with Crippen molar-refractivity contribution in [1.82, 2.24) is 20.0 Å². The van der Waals surface area contributed by atoms with E-state index in [0.29, 0.717) is 44.6 Å². The number of hydrogen-bond donors (Lipinski definition) is 1. The highest BCUT2D eigenvalue weighted by molar-refractivity contribution is 6.35. The molecule has 2 aromatic rings. The second kappa shape index (κ2) is 10.8. The molecule has 0 aromatic carbocycles. The third-order valence-corrected chi connectivity index (χ3v) is 7.94. The number of hydrogen-bond acceptors (Lipinski definition) is 6. The number of halogens is 3. The number of aromatic nitrogens is 2. The van der Waals surface area contributed by atoms with E-state index < -0.39 is 35.1 Å². The van der Waals surface area contributed by atoms with Crippen LogP contribution in [0.3, 0.4) is 0 Å². The third-order valence-electron chi connectivity index (χ3n) is 7.94. The van der Waals surface area contributed by atoms with Crippen LogP contribution in [-0.2, 0) is 33.5 Å². The van der Waals surface area contributed by atoms with Crippen LogP contribution in [0, 0.1) is 5.92 Å². The van der Waals surface area contributed by atoms with E-state index in [1.165, 1.54) is 0 Å². The Morgan fingerprint density at radius 1 is 1.18 bits per heavy atom. The first kappa shape index (κ1) is 27.4. The highest BCUT2D eigenvalue weighted by Crippen LogP contribution is 2.48. The summed E-state index contributed by atoms with van der Waals surface area (Å²) in [6, 6.07) is 0. The van der Waals surface area contributed by atoms with Crippen LogP contribution in [0.2, 0.25) is 0 Å². The van der Waals surface area contributed by atoms with Gasteiger partial charge in [0.05, 0.1) is 17.4 Å². The van der Waals surface area contributed by atoms with E-state index in [9.17, 15) is 27.6 Å². The standard InChI is InChI=1S/C27H33F3N4O5/c1-3-19(35)26(37)33-8-6-16(7-9-33)13-34-14-18-15(2)11-20-21(23(18)32-34)22(27(28,29)30)24(39-20)25(36)31-12-17-5-4-10-38-17/h14-17H,3-13H2,1-2H3,(H,31,36)/t15?,17-/m0/s1. The number of nitrogens with one attached hydrogen (secondary N) is 1. The molecule has 2 atom stereocenters. The summed E-state index contributed by atoms with van der Waals surface area (Å²) in [5, 5.41) is 7.11. The van der Waals surface area contributed by atoms with E-state index in [0.717, 1.165) is 12.8 Å². The van der Waals surface area contributed by atoms with Gasteiger partial charge in [-0.1, -0.05) is 13.8 Å². The number of likely N-dealkylation sites (tertiary alicyclic amines) is 1. The summed E-state index contributed by atoms with van der Waals surface area (Å²) < 4.78 is 55.8. The number of nitrogens with zero attached hydrogens (tertiary/aromatic N) is 3. The Morgan fingerprint density at radius 2 is 1.92 bits per heavy atom. The van der Waals surface area contributed by atoms with Gasteiger partial charge in [0, 0.05) is 57.4 Å². The fraction of sp³-hybridized carbons (Fsp3) is 0.630. The summed E-state index contributed by atoms with van der Waals surface area (Å²) in [5.41, 5.74) is -0.372. The molecule has 2 fully saturated rings. The quantitative estimate of drug-likeness (QED) is 0.524. The lowest BCUT2D eigenvalue weighted by atomic mass is 9.86. The van der Waals surface area contributed by atoms with Crippen LogP contribution in [0.5, 0.6) is 0 Å². The molecule has 0 saturated carbocycles. The van der Waals surface area contributed by atoms with Gasteiger partial charge in [0.1, 0.15) is 11.3 Å². The molecule has 2 aliphatic heterocycles. The van der Waals surface area contributed by atoms with Crippen molar-refractivity contribution in [2.75, 3.05) is 26.2 Å². The van der Waals surface area contributed by atoms with Gasteiger partial charge in [-0.05, 0) is 37.5 Å². The molecule has 0 spiro atoms. The van der Waals surface area contributed by atoms with Crippen molar-refractivity contribution in [2.24, 2.45) is 5.92 Å². The van der Waals surface area contributed by atoms with Gasteiger partial charge >= 0.3 is 6.18 Å². The van der Waals surface area contributed by atoms with Gasteiger partial charge in [0.15, 0.2) is 0 Å². The first-order valence-electron chi connectivity index (χ1n) is 13.6. The molecular weight excluding hydrogens is 517 g/mol. The topological polar surface area (TPSA) is 107 Å². The first-order chi connectivity index (χ1) is 18.6. The molecule has 4 heterocycles. The van der Waals surface area contributed by atoms with Crippen molar-refractivity contribution in [3.63, 3.8) is 0 Å². The lowest BCUT2D eigenvalue weighted by Crippen LogP contribution is -2.42. The maximum absolute atomic E-state index is 14.4. The van der Waals surface area contributed by atoms with Gasteiger partial charge < -0.3 is 19.4 Å². The van der Waals surface area contributed by atoms with E-state index >= 15 is 0 Å². The lowest BCUT2D eigenvalue weighted by Gasteiger charge is -2.31. The summed E-state index contributed by atoms with van der Waals surface area (Å²) in [6.07, 6.45) is 0.0775. The summed E-state index contributed by atoms with van der Waals surface area (Å²) in [4.78, 5) is 38.3.